The first-order valence-electron chi connectivity index (χ1n) is 6.44. The SMILES string of the molecule is CS(=O)(=O)c1ccc(OCC(=O)Nc2cccc(Cl)c2Cl)cc1. The van der Waals surface area contributed by atoms with Gasteiger partial charge in [0.1, 0.15) is 5.75 Å². The summed E-state index contributed by atoms with van der Waals surface area (Å²) in [6, 6.07) is 10.7. The van der Waals surface area contributed by atoms with Gasteiger partial charge in [0.2, 0.25) is 0 Å². The molecule has 0 saturated carbocycles. The lowest BCUT2D eigenvalue weighted by molar-refractivity contribution is -0.118. The third-order valence-corrected chi connectivity index (χ3v) is 4.79. The summed E-state index contributed by atoms with van der Waals surface area (Å²) in [4.78, 5) is 12.0. The Labute approximate surface area is 144 Å². The van der Waals surface area contributed by atoms with Crippen molar-refractivity contribution in [3.05, 3.63) is 52.5 Å². The minimum absolute atomic E-state index is 0.181. The molecule has 0 aliphatic heterocycles. The molecule has 23 heavy (non-hydrogen) atoms. The topological polar surface area (TPSA) is 72.5 Å². The highest BCUT2D eigenvalue weighted by molar-refractivity contribution is 7.90. The zero-order chi connectivity index (χ0) is 17.0. The molecule has 0 bridgehead atoms. The van der Waals surface area contributed by atoms with Crippen LogP contribution in [0.4, 0.5) is 5.69 Å². The lowest BCUT2D eigenvalue weighted by Gasteiger charge is -2.09. The van der Waals surface area contributed by atoms with E-state index in [2.05, 4.69) is 5.32 Å². The number of amides is 1. The molecule has 2 aromatic rings. The molecule has 0 aromatic heterocycles. The highest BCUT2D eigenvalue weighted by atomic mass is 35.5. The third kappa shape index (κ3) is 4.86. The maximum absolute atomic E-state index is 11.8. The van der Waals surface area contributed by atoms with Crippen molar-refractivity contribution in [1.82, 2.24) is 0 Å². The van der Waals surface area contributed by atoms with Crippen LogP contribution in [0.1, 0.15) is 0 Å². The first-order valence-corrected chi connectivity index (χ1v) is 9.09. The number of hydrogen-bond donors (Lipinski definition) is 1. The van der Waals surface area contributed by atoms with Crippen LogP contribution in [-0.4, -0.2) is 27.2 Å². The molecule has 0 unspecified atom stereocenters. The lowest BCUT2D eigenvalue weighted by Crippen LogP contribution is -2.20. The van der Waals surface area contributed by atoms with Crippen molar-refractivity contribution in [2.75, 3.05) is 18.2 Å². The number of rotatable bonds is 5. The minimum atomic E-state index is -3.26. The fourth-order valence-corrected chi connectivity index (χ4v) is 2.70. The van der Waals surface area contributed by atoms with E-state index in [1.54, 1.807) is 18.2 Å². The van der Waals surface area contributed by atoms with Crippen molar-refractivity contribution in [3.8, 4) is 5.75 Å². The van der Waals surface area contributed by atoms with Gasteiger partial charge in [-0.3, -0.25) is 4.79 Å². The Morgan fingerprint density at radius 1 is 1.13 bits per heavy atom. The van der Waals surface area contributed by atoms with Gasteiger partial charge in [-0.2, -0.15) is 0 Å². The number of benzene rings is 2. The van der Waals surface area contributed by atoms with Gasteiger partial charge >= 0.3 is 0 Å². The molecule has 0 aliphatic rings. The quantitative estimate of drug-likeness (QED) is 0.871. The Hall–Kier alpha value is -1.76. The maximum atomic E-state index is 11.8. The van der Waals surface area contributed by atoms with E-state index in [1.807, 2.05) is 0 Å². The van der Waals surface area contributed by atoms with Crippen LogP contribution in [0.5, 0.6) is 5.75 Å². The molecule has 8 heteroatoms. The van der Waals surface area contributed by atoms with Gasteiger partial charge < -0.3 is 10.1 Å². The van der Waals surface area contributed by atoms with E-state index < -0.39 is 15.7 Å². The largest absolute Gasteiger partial charge is 0.484 e. The standard InChI is InChI=1S/C15H13Cl2NO4S/c1-23(20,21)11-7-5-10(6-8-11)22-9-14(19)18-13-4-2-3-12(16)15(13)17/h2-8H,9H2,1H3,(H,18,19). The van der Waals surface area contributed by atoms with Crippen molar-refractivity contribution >= 4 is 44.6 Å². The fourth-order valence-electron chi connectivity index (χ4n) is 1.72. The first-order chi connectivity index (χ1) is 10.8. The highest BCUT2D eigenvalue weighted by Gasteiger charge is 2.10. The van der Waals surface area contributed by atoms with Gasteiger partial charge in [0.15, 0.2) is 16.4 Å². The van der Waals surface area contributed by atoms with Crippen LogP contribution in [0.15, 0.2) is 47.4 Å². The zero-order valence-corrected chi connectivity index (χ0v) is 14.4. The van der Waals surface area contributed by atoms with E-state index >= 15 is 0 Å². The number of carbonyl (C=O) groups excluding carboxylic acids is 1. The summed E-state index contributed by atoms with van der Waals surface area (Å²) >= 11 is 11.8. The smallest absolute Gasteiger partial charge is 0.262 e. The number of carbonyl (C=O) groups is 1. The summed E-state index contributed by atoms with van der Waals surface area (Å²) in [5.74, 6) is -0.0360. The van der Waals surface area contributed by atoms with Gasteiger partial charge in [-0.1, -0.05) is 29.3 Å². The Morgan fingerprint density at radius 2 is 1.78 bits per heavy atom. The summed E-state index contributed by atoms with van der Waals surface area (Å²) in [5.41, 5.74) is 0.389. The first kappa shape index (κ1) is 17.6. The summed E-state index contributed by atoms with van der Waals surface area (Å²) in [7, 11) is -3.26. The predicted molar refractivity (Wildman–Crippen MR) is 90.1 cm³/mol. The summed E-state index contributed by atoms with van der Waals surface area (Å²) in [5, 5.41) is 3.17. The van der Waals surface area contributed by atoms with Crippen LogP contribution in [0.2, 0.25) is 10.0 Å². The number of halogens is 2. The van der Waals surface area contributed by atoms with Crippen molar-refractivity contribution in [3.63, 3.8) is 0 Å². The molecule has 2 aromatic carbocycles. The molecule has 0 saturated heterocycles. The second-order valence-corrected chi connectivity index (χ2v) is 7.48. The molecule has 1 amide bonds. The van der Waals surface area contributed by atoms with Crippen molar-refractivity contribution < 1.29 is 17.9 Å². The Morgan fingerprint density at radius 3 is 2.39 bits per heavy atom. The Balaban J connectivity index is 1.95. The van der Waals surface area contributed by atoms with Crippen molar-refractivity contribution in [1.29, 1.82) is 0 Å². The number of sulfone groups is 1. The molecule has 5 nitrogen and oxygen atoms in total. The highest BCUT2D eigenvalue weighted by Crippen LogP contribution is 2.29. The van der Waals surface area contributed by atoms with E-state index in [9.17, 15) is 13.2 Å². The molecule has 1 N–H and O–H groups in total. The molecule has 0 atom stereocenters. The minimum Gasteiger partial charge on any atom is -0.484 e. The van der Waals surface area contributed by atoms with Crippen LogP contribution < -0.4 is 10.1 Å². The zero-order valence-electron chi connectivity index (χ0n) is 12.0. The molecule has 2 rings (SSSR count). The molecule has 0 spiro atoms. The average Bonchev–Trinajstić information content (AvgIpc) is 2.49. The van der Waals surface area contributed by atoms with Gasteiger partial charge in [0.25, 0.3) is 5.91 Å². The normalized spacial score (nSPS) is 11.1. The van der Waals surface area contributed by atoms with Gasteiger partial charge in [0, 0.05) is 6.26 Å². The van der Waals surface area contributed by atoms with Gasteiger partial charge in [-0.25, -0.2) is 8.42 Å². The molecule has 0 heterocycles. The Bertz CT molecular complexity index is 820. The van der Waals surface area contributed by atoms with E-state index in [-0.39, 0.29) is 16.5 Å². The molecular weight excluding hydrogens is 361 g/mol. The van der Waals surface area contributed by atoms with E-state index in [0.29, 0.717) is 16.5 Å². The van der Waals surface area contributed by atoms with Gasteiger partial charge in [-0.05, 0) is 36.4 Å². The number of nitrogens with one attached hydrogen (secondary N) is 1. The van der Waals surface area contributed by atoms with Crippen molar-refractivity contribution in [2.45, 2.75) is 4.90 Å². The predicted octanol–water partition coefficient (Wildman–Crippen LogP) is 3.41. The molecular formula is C15H13Cl2NO4S. The molecule has 122 valence electrons. The molecule has 0 fully saturated rings. The van der Waals surface area contributed by atoms with Gasteiger partial charge in [0.05, 0.1) is 20.6 Å². The van der Waals surface area contributed by atoms with Crippen LogP contribution in [0.3, 0.4) is 0 Å². The van der Waals surface area contributed by atoms with Crippen LogP contribution in [-0.2, 0) is 14.6 Å². The van der Waals surface area contributed by atoms with E-state index in [4.69, 9.17) is 27.9 Å². The van der Waals surface area contributed by atoms with Crippen molar-refractivity contribution in [2.24, 2.45) is 0 Å². The summed E-state index contributed by atoms with van der Waals surface area (Å²) in [6.45, 7) is -0.249. The monoisotopic (exact) mass is 373 g/mol. The second-order valence-electron chi connectivity index (χ2n) is 4.68. The molecule has 0 radical (unpaired) electrons. The maximum Gasteiger partial charge on any atom is 0.262 e. The second kappa shape index (κ2) is 7.21. The van der Waals surface area contributed by atoms with E-state index in [1.165, 1.54) is 24.3 Å². The molecule has 0 aliphatic carbocycles. The average molecular weight is 374 g/mol. The van der Waals surface area contributed by atoms with Crippen LogP contribution in [0.25, 0.3) is 0 Å². The number of ether oxygens (including phenoxy) is 1. The van der Waals surface area contributed by atoms with E-state index in [0.717, 1.165) is 6.26 Å². The van der Waals surface area contributed by atoms with Crippen LogP contribution in [0, 0.1) is 0 Å². The Kier molecular flexibility index (Phi) is 5.51. The third-order valence-electron chi connectivity index (χ3n) is 2.85. The summed E-state index contributed by atoms with van der Waals surface area (Å²) in [6.07, 6.45) is 1.12. The van der Waals surface area contributed by atoms with Crippen LogP contribution >= 0.6 is 23.2 Å². The number of hydrogen-bond acceptors (Lipinski definition) is 4. The lowest BCUT2D eigenvalue weighted by atomic mass is 10.3. The van der Waals surface area contributed by atoms with Gasteiger partial charge in [-0.15, -0.1) is 0 Å². The fraction of sp³-hybridized carbons (Fsp3) is 0.133. The summed E-state index contributed by atoms with van der Waals surface area (Å²) < 4.78 is 28.0. The number of anilines is 1.